The summed E-state index contributed by atoms with van der Waals surface area (Å²) in [6.45, 7) is 5.44. The summed E-state index contributed by atoms with van der Waals surface area (Å²) >= 11 is 18.6. The van der Waals surface area contributed by atoms with Crippen LogP contribution in [0.2, 0.25) is 15.1 Å². The maximum absolute atomic E-state index is 13.2. The topological polar surface area (TPSA) is 58.6 Å². The van der Waals surface area contributed by atoms with E-state index in [-0.39, 0.29) is 31.0 Å². The summed E-state index contributed by atoms with van der Waals surface area (Å²) in [6.07, 6.45) is 4.15. The lowest BCUT2D eigenvalue weighted by Crippen LogP contribution is -2.50. The molecule has 0 spiro atoms. The number of benzene rings is 2. The second-order valence-electron chi connectivity index (χ2n) is 8.58. The highest BCUT2D eigenvalue weighted by Crippen LogP contribution is 2.27. The SMILES string of the molecule is Cc1cc(OCC(=O)N(Cc2ccc(Cl)cc2Cl)[C@@H](C)C(=O)NC2CCCC2)cc(C)c1Cl. The summed E-state index contributed by atoms with van der Waals surface area (Å²) in [6, 6.07) is 8.15. The normalized spacial score (nSPS) is 14.7. The Kier molecular flexibility index (Phi) is 8.91. The van der Waals surface area contributed by atoms with E-state index in [1.807, 2.05) is 13.8 Å². The Hall–Kier alpha value is -1.95. The van der Waals surface area contributed by atoms with E-state index in [0.29, 0.717) is 26.4 Å². The van der Waals surface area contributed by atoms with Gasteiger partial charge in [0, 0.05) is 27.7 Å². The van der Waals surface area contributed by atoms with Crippen LogP contribution in [0.3, 0.4) is 0 Å². The van der Waals surface area contributed by atoms with Gasteiger partial charge in [-0.1, -0.05) is 53.7 Å². The molecule has 1 fully saturated rings. The molecule has 1 atom stereocenters. The predicted octanol–water partition coefficient (Wildman–Crippen LogP) is 6.12. The molecule has 1 N–H and O–H groups in total. The van der Waals surface area contributed by atoms with Crippen molar-refractivity contribution in [1.29, 1.82) is 0 Å². The highest BCUT2D eigenvalue weighted by Gasteiger charge is 2.29. The Labute approximate surface area is 210 Å². The predicted molar refractivity (Wildman–Crippen MR) is 133 cm³/mol. The molecule has 0 unspecified atom stereocenters. The maximum Gasteiger partial charge on any atom is 0.261 e. The van der Waals surface area contributed by atoms with Gasteiger partial charge in [0.2, 0.25) is 5.91 Å². The Morgan fingerprint density at radius 2 is 1.73 bits per heavy atom. The first kappa shape index (κ1) is 25.7. The van der Waals surface area contributed by atoms with Gasteiger partial charge in [0.25, 0.3) is 5.91 Å². The number of carbonyl (C=O) groups is 2. The molecule has 2 amide bonds. The number of nitrogens with zero attached hydrogens (tertiary/aromatic N) is 1. The van der Waals surface area contributed by atoms with Crippen molar-refractivity contribution in [2.45, 2.75) is 65.1 Å². The van der Waals surface area contributed by atoms with E-state index in [9.17, 15) is 9.59 Å². The van der Waals surface area contributed by atoms with Gasteiger partial charge in [-0.15, -0.1) is 0 Å². The van der Waals surface area contributed by atoms with Crippen molar-refractivity contribution in [1.82, 2.24) is 10.2 Å². The quantitative estimate of drug-likeness (QED) is 0.464. The second kappa shape index (κ2) is 11.5. The number of hydrogen-bond donors (Lipinski definition) is 1. The Morgan fingerprint density at radius 1 is 1.09 bits per heavy atom. The number of aryl methyl sites for hydroxylation is 2. The largest absolute Gasteiger partial charge is 0.484 e. The molecule has 33 heavy (non-hydrogen) atoms. The van der Waals surface area contributed by atoms with E-state index in [1.165, 1.54) is 4.90 Å². The summed E-state index contributed by atoms with van der Waals surface area (Å²) in [5, 5.41) is 4.69. The van der Waals surface area contributed by atoms with Crippen LogP contribution in [0.5, 0.6) is 5.75 Å². The third-order valence-electron chi connectivity index (χ3n) is 6.00. The number of halogens is 3. The van der Waals surface area contributed by atoms with Crippen LogP contribution in [0.4, 0.5) is 0 Å². The minimum absolute atomic E-state index is 0.160. The lowest BCUT2D eigenvalue weighted by molar-refractivity contribution is -0.142. The Morgan fingerprint density at radius 3 is 2.33 bits per heavy atom. The minimum Gasteiger partial charge on any atom is -0.484 e. The third kappa shape index (κ3) is 6.78. The lowest BCUT2D eigenvalue weighted by Gasteiger charge is -2.30. The maximum atomic E-state index is 13.2. The van der Waals surface area contributed by atoms with E-state index in [1.54, 1.807) is 37.3 Å². The number of ether oxygens (including phenoxy) is 1. The summed E-state index contributed by atoms with van der Waals surface area (Å²) in [4.78, 5) is 27.7. The Bertz CT molecular complexity index is 999. The molecule has 0 radical (unpaired) electrons. The molecule has 0 bridgehead atoms. The van der Waals surface area contributed by atoms with E-state index in [2.05, 4.69) is 5.32 Å². The van der Waals surface area contributed by atoms with Gasteiger partial charge < -0.3 is 15.0 Å². The first-order chi connectivity index (χ1) is 15.7. The molecule has 178 valence electrons. The molecule has 5 nitrogen and oxygen atoms in total. The van der Waals surface area contributed by atoms with Gasteiger partial charge in [0.05, 0.1) is 0 Å². The fourth-order valence-corrected chi connectivity index (χ4v) is 4.60. The fourth-order valence-electron chi connectivity index (χ4n) is 4.03. The smallest absolute Gasteiger partial charge is 0.261 e. The zero-order valence-electron chi connectivity index (χ0n) is 19.1. The van der Waals surface area contributed by atoms with Gasteiger partial charge in [-0.2, -0.15) is 0 Å². The van der Waals surface area contributed by atoms with Crippen LogP contribution in [0.25, 0.3) is 0 Å². The molecule has 0 heterocycles. The summed E-state index contributed by atoms with van der Waals surface area (Å²) in [7, 11) is 0. The molecule has 0 aliphatic heterocycles. The first-order valence-electron chi connectivity index (χ1n) is 11.1. The molecule has 0 aromatic heterocycles. The molecule has 0 saturated heterocycles. The van der Waals surface area contributed by atoms with Crippen molar-refractivity contribution >= 4 is 46.6 Å². The van der Waals surface area contributed by atoms with Crippen molar-refractivity contribution in [3.63, 3.8) is 0 Å². The number of hydrogen-bond acceptors (Lipinski definition) is 3. The highest BCUT2D eigenvalue weighted by molar-refractivity contribution is 6.35. The average Bonchev–Trinajstić information content (AvgIpc) is 3.27. The molecule has 1 aliphatic carbocycles. The lowest BCUT2D eigenvalue weighted by atomic mass is 10.1. The minimum atomic E-state index is -0.692. The van der Waals surface area contributed by atoms with E-state index >= 15 is 0 Å². The molecule has 1 aliphatic rings. The second-order valence-corrected chi connectivity index (χ2v) is 9.80. The van der Waals surface area contributed by atoms with Crippen molar-refractivity contribution in [2.75, 3.05) is 6.61 Å². The van der Waals surface area contributed by atoms with Crippen LogP contribution in [0, 0.1) is 13.8 Å². The van der Waals surface area contributed by atoms with Gasteiger partial charge in [0.15, 0.2) is 6.61 Å². The molecular formula is C25H29Cl3N2O3. The van der Waals surface area contributed by atoms with Crippen LogP contribution in [0.1, 0.15) is 49.3 Å². The zero-order valence-corrected chi connectivity index (χ0v) is 21.4. The monoisotopic (exact) mass is 510 g/mol. The summed E-state index contributed by atoms with van der Waals surface area (Å²) in [5.74, 6) is 0.0501. The molecule has 8 heteroatoms. The van der Waals surface area contributed by atoms with E-state index in [0.717, 1.165) is 36.8 Å². The summed E-state index contributed by atoms with van der Waals surface area (Å²) in [5.41, 5.74) is 2.44. The first-order valence-corrected chi connectivity index (χ1v) is 12.2. The van der Waals surface area contributed by atoms with Gasteiger partial charge in [0.1, 0.15) is 11.8 Å². The van der Waals surface area contributed by atoms with Gasteiger partial charge >= 0.3 is 0 Å². The average molecular weight is 512 g/mol. The number of nitrogens with one attached hydrogen (secondary N) is 1. The van der Waals surface area contributed by atoms with Crippen LogP contribution < -0.4 is 10.1 Å². The molecule has 2 aromatic rings. The van der Waals surface area contributed by atoms with Crippen LogP contribution >= 0.6 is 34.8 Å². The summed E-state index contributed by atoms with van der Waals surface area (Å²) < 4.78 is 5.78. The molecule has 3 rings (SSSR count). The molecular weight excluding hydrogens is 483 g/mol. The van der Waals surface area contributed by atoms with Crippen molar-refractivity contribution in [3.05, 3.63) is 62.1 Å². The molecule has 1 saturated carbocycles. The van der Waals surface area contributed by atoms with Crippen molar-refractivity contribution in [3.8, 4) is 5.75 Å². The Balaban J connectivity index is 1.77. The van der Waals surface area contributed by atoms with Gasteiger partial charge in [-0.25, -0.2) is 0 Å². The molecule has 2 aromatic carbocycles. The van der Waals surface area contributed by atoms with Crippen molar-refractivity contribution < 1.29 is 14.3 Å². The van der Waals surface area contributed by atoms with Gasteiger partial charge in [-0.05, 0) is 74.6 Å². The van der Waals surface area contributed by atoms with E-state index < -0.39 is 6.04 Å². The van der Waals surface area contributed by atoms with Crippen molar-refractivity contribution in [2.24, 2.45) is 0 Å². The standard InChI is InChI=1S/C25H29Cl3N2O3/c1-15-10-21(11-16(2)24(15)28)33-14-23(31)30(13-18-8-9-19(26)12-22(18)27)17(3)25(32)29-20-6-4-5-7-20/h8-12,17,20H,4-7,13-14H2,1-3H3,(H,29,32)/t17-/m0/s1. The van der Waals surface area contributed by atoms with E-state index in [4.69, 9.17) is 39.5 Å². The number of carbonyl (C=O) groups excluding carboxylic acids is 2. The third-order valence-corrected chi connectivity index (χ3v) is 7.18. The van der Waals surface area contributed by atoms with Crippen LogP contribution in [0.15, 0.2) is 30.3 Å². The number of amides is 2. The fraction of sp³-hybridized carbons (Fsp3) is 0.440. The zero-order chi connectivity index (χ0) is 24.1. The van der Waals surface area contributed by atoms with Gasteiger partial charge in [-0.3, -0.25) is 9.59 Å². The highest BCUT2D eigenvalue weighted by atomic mass is 35.5. The van der Waals surface area contributed by atoms with Crippen LogP contribution in [-0.4, -0.2) is 35.4 Å². The number of rotatable bonds is 8. The van der Waals surface area contributed by atoms with Crippen LogP contribution in [-0.2, 0) is 16.1 Å².